The lowest BCUT2D eigenvalue weighted by Gasteiger charge is -2.11. The van der Waals surface area contributed by atoms with Crippen molar-refractivity contribution in [3.05, 3.63) is 21.8 Å². The minimum atomic E-state index is -0.818. The van der Waals surface area contributed by atoms with E-state index in [-0.39, 0.29) is 6.42 Å². The number of aromatic nitrogens is 2. The number of nitrogens with zero attached hydrogens (tertiary/aromatic N) is 3. The van der Waals surface area contributed by atoms with Crippen LogP contribution in [0.25, 0.3) is 10.7 Å². The molecule has 0 saturated carbocycles. The fourth-order valence-corrected chi connectivity index (χ4v) is 2.80. The van der Waals surface area contributed by atoms with E-state index in [0.717, 1.165) is 9.35 Å². The molecule has 0 saturated heterocycles. The van der Waals surface area contributed by atoms with Crippen LogP contribution < -0.4 is 0 Å². The number of halogens is 1. The van der Waals surface area contributed by atoms with Gasteiger partial charge in [-0.15, -0.1) is 11.3 Å². The lowest BCUT2D eigenvalue weighted by Crippen LogP contribution is -2.21. The Morgan fingerprint density at radius 1 is 1.63 bits per heavy atom. The van der Waals surface area contributed by atoms with E-state index in [0.29, 0.717) is 24.8 Å². The maximum atomic E-state index is 10.5. The highest BCUT2D eigenvalue weighted by molar-refractivity contribution is 9.10. The Morgan fingerprint density at radius 2 is 2.42 bits per heavy atom. The summed E-state index contributed by atoms with van der Waals surface area (Å²) < 4.78 is 6.13. The predicted molar refractivity (Wildman–Crippen MR) is 73.9 cm³/mol. The summed E-state index contributed by atoms with van der Waals surface area (Å²) in [6, 6.07) is 1.92. The maximum absolute atomic E-state index is 10.5. The first-order valence-corrected chi connectivity index (χ1v) is 7.19. The lowest BCUT2D eigenvalue weighted by atomic mass is 10.4. The van der Waals surface area contributed by atoms with Crippen LogP contribution in [-0.2, 0) is 11.3 Å². The Balaban J connectivity index is 1.95. The van der Waals surface area contributed by atoms with Crippen LogP contribution in [0.5, 0.6) is 0 Å². The van der Waals surface area contributed by atoms with Crippen molar-refractivity contribution >= 4 is 33.2 Å². The summed E-state index contributed by atoms with van der Waals surface area (Å²) in [5, 5.41) is 14.5. The highest BCUT2D eigenvalue weighted by Gasteiger charge is 2.12. The Labute approximate surface area is 122 Å². The molecule has 2 heterocycles. The smallest absolute Gasteiger partial charge is 0.304 e. The molecule has 19 heavy (non-hydrogen) atoms. The third-order valence-corrected chi connectivity index (χ3v) is 4.06. The van der Waals surface area contributed by atoms with Crippen LogP contribution in [0, 0.1) is 0 Å². The van der Waals surface area contributed by atoms with E-state index in [1.807, 2.05) is 23.4 Å². The van der Waals surface area contributed by atoms with Crippen LogP contribution >= 0.6 is 27.3 Å². The van der Waals surface area contributed by atoms with Gasteiger partial charge in [-0.25, -0.2) is 0 Å². The van der Waals surface area contributed by atoms with Gasteiger partial charge >= 0.3 is 5.97 Å². The van der Waals surface area contributed by atoms with Gasteiger partial charge in [-0.2, -0.15) is 4.98 Å². The summed E-state index contributed by atoms with van der Waals surface area (Å²) in [6.07, 6.45) is 0.0926. The van der Waals surface area contributed by atoms with Gasteiger partial charge in [0.2, 0.25) is 11.7 Å². The van der Waals surface area contributed by atoms with Crippen molar-refractivity contribution in [3.63, 3.8) is 0 Å². The Morgan fingerprint density at radius 3 is 3.05 bits per heavy atom. The summed E-state index contributed by atoms with van der Waals surface area (Å²) in [5.74, 6) is 0.214. The monoisotopic (exact) mass is 345 g/mol. The van der Waals surface area contributed by atoms with E-state index in [1.165, 1.54) is 11.3 Å². The van der Waals surface area contributed by atoms with Crippen molar-refractivity contribution in [2.24, 2.45) is 0 Å². The number of aliphatic carboxylic acids is 1. The SMILES string of the molecule is CN(CCC(=O)O)Cc1nc(-c2cc(Br)cs2)no1. The zero-order valence-electron chi connectivity index (χ0n) is 10.2. The van der Waals surface area contributed by atoms with Crippen LogP contribution in [0.2, 0.25) is 0 Å². The molecule has 2 aromatic heterocycles. The fourth-order valence-electron chi connectivity index (χ4n) is 1.45. The number of rotatable bonds is 6. The number of hydrogen-bond donors (Lipinski definition) is 1. The average molecular weight is 346 g/mol. The molecule has 0 aliphatic carbocycles. The molecule has 2 aromatic rings. The van der Waals surface area contributed by atoms with Crippen molar-refractivity contribution < 1.29 is 14.4 Å². The van der Waals surface area contributed by atoms with Crippen LogP contribution in [0.3, 0.4) is 0 Å². The molecule has 8 heteroatoms. The molecule has 0 spiro atoms. The molecule has 0 amide bonds. The standard InChI is InChI=1S/C11H12BrN3O3S/c1-15(3-2-10(16)17)5-9-13-11(14-18-9)8-4-7(12)6-19-8/h4,6H,2-3,5H2,1H3,(H,16,17). The van der Waals surface area contributed by atoms with Crippen molar-refractivity contribution in [3.8, 4) is 10.7 Å². The molecule has 102 valence electrons. The van der Waals surface area contributed by atoms with Gasteiger partial charge in [0.1, 0.15) is 0 Å². The Kier molecular flexibility index (Phi) is 4.67. The summed E-state index contributed by atoms with van der Waals surface area (Å²) in [5.41, 5.74) is 0. The molecule has 0 aromatic carbocycles. The molecule has 1 N–H and O–H groups in total. The normalized spacial score (nSPS) is 11.1. The van der Waals surface area contributed by atoms with Crippen molar-refractivity contribution in [2.45, 2.75) is 13.0 Å². The van der Waals surface area contributed by atoms with Gasteiger partial charge in [-0.05, 0) is 29.0 Å². The highest BCUT2D eigenvalue weighted by atomic mass is 79.9. The largest absolute Gasteiger partial charge is 0.481 e. The fraction of sp³-hybridized carbons (Fsp3) is 0.364. The van der Waals surface area contributed by atoms with Crippen LogP contribution in [-0.4, -0.2) is 39.7 Å². The molecule has 0 aliphatic rings. The number of carboxylic acids is 1. The first kappa shape index (κ1) is 14.2. The number of carbonyl (C=O) groups is 1. The van der Waals surface area contributed by atoms with Crippen LogP contribution in [0.4, 0.5) is 0 Å². The summed E-state index contributed by atoms with van der Waals surface area (Å²) in [4.78, 5) is 17.5. The second-order valence-corrected chi connectivity index (χ2v) is 5.85. The van der Waals surface area contributed by atoms with Gasteiger partial charge in [-0.1, -0.05) is 5.16 Å². The number of carboxylic acid groups (broad SMARTS) is 1. The molecular weight excluding hydrogens is 334 g/mol. The first-order valence-electron chi connectivity index (χ1n) is 5.52. The average Bonchev–Trinajstić information content (AvgIpc) is 2.95. The molecule has 0 bridgehead atoms. The molecular formula is C11H12BrN3O3S. The number of hydrogen-bond acceptors (Lipinski definition) is 6. The van der Waals surface area contributed by atoms with Gasteiger partial charge in [0.25, 0.3) is 0 Å². The molecule has 0 aliphatic heterocycles. The minimum Gasteiger partial charge on any atom is -0.481 e. The van der Waals surface area contributed by atoms with Crippen LogP contribution in [0.1, 0.15) is 12.3 Å². The van der Waals surface area contributed by atoms with Crippen LogP contribution in [0.15, 0.2) is 20.4 Å². The predicted octanol–water partition coefficient (Wildman–Crippen LogP) is 2.47. The molecule has 0 unspecified atom stereocenters. The summed E-state index contributed by atoms with van der Waals surface area (Å²) in [7, 11) is 1.81. The highest BCUT2D eigenvalue weighted by Crippen LogP contribution is 2.27. The van der Waals surface area contributed by atoms with E-state index < -0.39 is 5.97 Å². The second kappa shape index (κ2) is 6.27. The van der Waals surface area contributed by atoms with Gasteiger partial charge in [-0.3, -0.25) is 9.69 Å². The molecule has 2 rings (SSSR count). The zero-order chi connectivity index (χ0) is 13.8. The molecule has 0 radical (unpaired) electrons. The van der Waals surface area contributed by atoms with Crippen molar-refractivity contribution in [1.82, 2.24) is 15.0 Å². The van der Waals surface area contributed by atoms with E-state index >= 15 is 0 Å². The molecule has 0 atom stereocenters. The van der Waals surface area contributed by atoms with Gasteiger partial charge in [0.05, 0.1) is 17.8 Å². The third-order valence-electron chi connectivity index (χ3n) is 2.37. The van der Waals surface area contributed by atoms with Gasteiger partial charge < -0.3 is 9.63 Å². The molecule has 6 nitrogen and oxygen atoms in total. The van der Waals surface area contributed by atoms with E-state index in [9.17, 15) is 4.79 Å². The minimum absolute atomic E-state index is 0.0926. The number of thiophene rings is 1. The van der Waals surface area contributed by atoms with E-state index in [2.05, 4.69) is 26.1 Å². The lowest BCUT2D eigenvalue weighted by molar-refractivity contribution is -0.137. The first-order chi connectivity index (χ1) is 9.04. The summed E-state index contributed by atoms with van der Waals surface area (Å²) in [6.45, 7) is 0.879. The van der Waals surface area contributed by atoms with Crippen molar-refractivity contribution in [1.29, 1.82) is 0 Å². The quantitative estimate of drug-likeness (QED) is 0.866. The van der Waals surface area contributed by atoms with Gasteiger partial charge in [0, 0.05) is 16.4 Å². The Hall–Kier alpha value is -1.25. The van der Waals surface area contributed by atoms with Gasteiger partial charge in [0.15, 0.2) is 0 Å². The molecule has 0 fully saturated rings. The summed E-state index contributed by atoms with van der Waals surface area (Å²) >= 11 is 4.90. The van der Waals surface area contributed by atoms with E-state index in [1.54, 1.807) is 0 Å². The van der Waals surface area contributed by atoms with Crippen molar-refractivity contribution in [2.75, 3.05) is 13.6 Å². The third kappa shape index (κ3) is 4.12. The second-order valence-electron chi connectivity index (χ2n) is 4.02. The topological polar surface area (TPSA) is 79.5 Å². The maximum Gasteiger partial charge on any atom is 0.304 e. The van der Waals surface area contributed by atoms with E-state index in [4.69, 9.17) is 9.63 Å². The Bertz CT molecular complexity index is 569. The zero-order valence-corrected chi connectivity index (χ0v) is 12.6.